The molecule has 1 unspecified atom stereocenters. The van der Waals surface area contributed by atoms with Crippen LogP contribution in [0.1, 0.15) is 34.9 Å². The van der Waals surface area contributed by atoms with E-state index in [1.54, 1.807) is 23.7 Å². The van der Waals surface area contributed by atoms with Gasteiger partial charge in [0.15, 0.2) is 0 Å². The highest BCUT2D eigenvalue weighted by atomic mass is 79.9. The molecule has 0 spiro atoms. The second-order valence-electron chi connectivity index (χ2n) is 7.48. The first-order valence-corrected chi connectivity index (χ1v) is 12.0. The SMILES string of the molecule is O=C(c1ccc(Nc2nccc(-c3ccc(Br)s3)n2)cc1)N1CCCC1c1ccccn1. The van der Waals surface area contributed by atoms with Crippen LogP contribution < -0.4 is 5.32 Å². The average Bonchev–Trinajstić information content (AvgIpc) is 3.49. The van der Waals surface area contributed by atoms with Crippen LogP contribution >= 0.6 is 27.3 Å². The number of rotatable bonds is 5. The molecule has 1 aliphatic rings. The van der Waals surface area contributed by atoms with Crippen LogP contribution in [0.25, 0.3) is 10.6 Å². The van der Waals surface area contributed by atoms with Crippen LogP contribution in [0.15, 0.2) is 76.8 Å². The Labute approximate surface area is 198 Å². The molecule has 1 fully saturated rings. The van der Waals surface area contributed by atoms with Crippen LogP contribution in [0, 0.1) is 0 Å². The molecule has 160 valence electrons. The Balaban J connectivity index is 1.30. The average molecular weight is 506 g/mol. The van der Waals surface area contributed by atoms with Crippen LogP contribution in [0.2, 0.25) is 0 Å². The molecule has 8 heteroatoms. The van der Waals surface area contributed by atoms with Crippen molar-refractivity contribution in [2.24, 2.45) is 0 Å². The standard InChI is InChI=1S/C24H20BrN5OS/c25-22-11-10-21(32-22)19-12-14-27-24(29-19)28-17-8-6-16(7-9-17)23(31)30-15-3-5-20(30)18-4-1-2-13-26-18/h1-2,4,6-14,20H,3,5,15H2,(H,27,28,29). The largest absolute Gasteiger partial charge is 0.330 e. The molecule has 0 bridgehead atoms. The molecule has 32 heavy (non-hydrogen) atoms. The predicted molar refractivity (Wildman–Crippen MR) is 130 cm³/mol. The summed E-state index contributed by atoms with van der Waals surface area (Å²) in [5.41, 5.74) is 3.30. The van der Waals surface area contributed by atoms with Gasteiger partial charge in [0.2, 0.25) is 5.95 Å². The number of pyridine rings is 1. The molecule has 1 amide bonds. The molecule has 6 nitrogen and oxygen atoms in total. The third-order valence-corrected chi connectivity index (χ3v) is 7.06. The molecule has 1 aromatic carbocycles. The first kappa shape index (κ1) is 20.8. The molecule has 1 saturated heterocycles. The minimum Gasteiger partial charge on any atom is -0.330 e. The van der Waals surface area contributed by atoms with Crippen molar-refractivity contribution in [2.75, 3.05) is 11.9 Å². The van der Waals surface area contributed by atoms with Gasteiger partial charge in [-0.25, -0.2) is 9.97 Å². The van der Waals surface area contributed by atoms with Crippen molar-refractivity contribution in [3.05, 3.63) is 88.1 Å². The molecule has 0 radical (unpaired) electrons. The molecule has 0 saturated carbocycles. The molecular formula is C24H20BrN5OS. The summed E-state index contributed by atoms with van der Waals surface area (Å²) < 4.78 is 1.06. The third kappa shape index (κ3) is 4.42. The van der Waals surface area contributed by atoms with Crippen molar-refractivity contribution in [2.45, 2.75) is 18.9 Å². The maximum atomic E-state index is 13.2. The quantitative estimate of drug-likeness (QED) is 0.355. The van der Waals surface area contributed by atoms with Crippen LogP contribution in [0.4, 0.5) is 11.6 Å². The lowest BCUT2D eigenvalue weighted by atomic mass is 10.1. The van der Waals surface area contributed by atoms with E-state index in [1.807, 2.05) is 65.6 Å². The van der Waals surface area contributed by atoms with Gasteiger partial charge in [-0.3, -0.25) is 9.78 Å². The number of hydrogen-bond acceptors (Lipinski definition) is 6. The Morgan fingerprint density at radius 3 is 2.66 bits per heavy atom. The number of thiophene rings is 1. The Morgan fingerprint density at radius 1 is 1.03 bits per heavy atom. The monoisotopic (exact) mass is 505 g/mol. The van der Waals surface area contributed by atoms with Gasteiger partial charge >= 0.3 is 0 Å². The number of carbonyl (C=O) groups excluding carboxylic acids is 1. The summed E-state index contributed by atoms with van der Waals surface area (Å²) >= 11 is 5.11. The zero-order chi connectivity index (χ0) is 21.9. The summed E-state index contributed by atoms with van der Waals surface area (Å²) in [5, 5.41) is 3.23. The first-order valence-electron chi connectivity index (χ1n) is 10.3. The van der Waals surface area contributed by atoms with Crippen molar-refractivity contribution in [3.8, 4) is 10.6 Å². The van der Waals surface area contributed by atoms with Crippen molar-refractivity contribution in [3.63, 3.8) is 0 Å². The third-order valence-electron chi connectivity index (χ3n) is 5.41. The molecule has 4 heterocycles. The summed E-state index contributed by atoms with van der Waals surface area (Å²) in [5.74, 6) is 0.548. The van der Waals surface area contributed by atoms with Crippen molar-refractivity contribution >= 4 is 44.8 Å². The summed E-state index contributed by atoms with van der Waals surface area (Å²) in [6.45, 7) is 0.750. The van der Waals surface area contributed by atoms with E-state index in [0.717, 1.165) is 45.1 Å². The minimum absolute atomic E-state index is 0.0335. The highest BCUT2D eigenvalue weighted by molar-refractivity contribution is 9.11. The number of likely N-dealkylation sites (tertiary alicyclic amines) is 1. The number of hydrogen-bond donors (Lipinski definition) is 1. The van der Waals surface area contributed by atoms with Gasteiger partial charge in [-0.2, -0.15) is 0 Å². The van der Waals surface area contributed by atoms with Gasteiger partial charge in [0.1, 0.15) is 0 Å². The van der Waals surface area contributed by atoms with Crippen LogP contribution in [-0.2, 0) is 0 Å². The fourth-order valence-corrected chi connectivity index (χ4v) is 5.25. The second-order valence-corrected chi connectivity index (χ2v) is 9.95. The highest BCUT2D eigenvalue weighted by Crippen LogP contribution is 2.32. The van der Waals surface area contributed by atoms with E-state index in [2.05, 4.69) is 36.2 Å². The van der Waals surface area contributed by atoms with E-state index < -0.39 is 0 Å². The Kier molecular flexibility index (Phi) is 5.96. The molecular weight excluding hydrogens is 486 g/mol. The van der Waals surface area contributed by atoms with Gasteiger partial charge < -0.3 is 10.2 Å². The maximum Gasteiger partial charge on any atom is 0.254 e. The molecule has 0 aliphatic carbocycles. The van der Waals surface area contributed by atoms with Crippen molar-refractivity contribution in [1.82, 2.24) is 19.9 Å². The van der Waals surface area contributed by atoms with Crippen LogP contribution in [0.5, 0.6) is 0 Å². The predicted octanol–water partition coefficient (Wildman–Crippen LogP) is 6.08. The maximum absolute atomic E-state index is 13.2. The van der Waals surface area contributed by atoms with E-state index >= 15 is 0 Å². The minimum atomic E-state index is 0.0335. The van der Waals surface area contributed by atoms with Gasteiger partial charge in [0.25, 0.3) is 5.91 Å². The number of carbonyl (C=O) groups is 1. The number of anilines is 2. The lowest BCUT2D eigenvalue weighted by Crippen LogP contribution is -2.30. The normalized spacial score (nSPS) is 15.7. The number of aromatic nitrogens is 3. The number of halogens is 1. The van der Waals surface area contributed by atoms with Gasteiger partial charge in [-0.1, -0.05) is 6.07 Å². The Bertz CT molecular complexity index is 1230. The van der Waals surface area contributed by atoms with Gasteiger partial charge in [0.05, 0.1) is 26.1 Å². The number of benzene rings is 1. The lowest BCUT2D eigenvalue weighted by Gasteiger charge is -2.24. The van der Waals surface area contributed by atoms with Gasteiger partial charge in [-0.15, -0.1) is 11.3 Å². The van der Waals surface area contributed by atoms with E-state index in [0.29, 0.717) is 11.5 Å². The summed E-state index contributed by atoms with van der Waals surface area (Å²) in [6, 6.07) is 19.3. The van der Waals surface area contributed by atoms with Crippen LogP contribution in [0.3, 0.4) is 0 Å². The van der Waals surface area contributed by atoms with Gasteiger partial charge in [-0.05, 0) is 83.4 Å². The van der Waals surface area contributed by atoms with E-state index in [1.165, 1.54) is 0 Å². The number of nitrogens with zero attached hydrogens (tertiary/aromatic N) is 4. The molecule has 1 N–H and O–H groups in total. The molecule has 1 aliphatic heterocycles. The number of nitrogens with one attached hydrogen (secondary N) is 1. The van der Waals surface area contributed by atoms with Crippen molar-refractivity contribution in [1.29, 1.82) is 0 Å². The first-order chi connectivity index (χ1) is 15.7. The lowest BCUT2D eigenvalue weighted by molar-refractivity contribution is 0.0733. The molecule has 5 rings (SSSR count). The molecule has 3 aromatic heterocycles. The fourth-order valence-electron chi connectivity index (χ4n) is 3.89. The van der Waals surface area contributed by atoms with E-state index in [4.69, 9.17) is 0 Å². The summed E-state index contributed by atoms with van der Waals surface area (Å²) in [6.07, 6.45) is 5.45. The molecule has 4 aromatic rings. The van der Waals surface area contributed by atoms with Crippen molar-refractivity contribution < 1.29 is 4.79 Å². The van der Waals surface area contributed by atoms with Gasteiger partial charge in [0, 0.05) is 30.2 Å². The van der Waals surface area contributed by atoms with Crippen LogP contribution in [-0.4, -0.2) is 32.3 Å². The number of amides is 1. The summed E-state index contributed by atoms with van der Waals surface area (Å²) in [4.78, 5) is 29.5. The van der Waals surface area contributed by atoms with E-state index in [-0.39, 0.29) is 11.9 Å². The highest BCUT2D eigenvalue weighted by Gasteiger charge is 2.31. The Hall–Kier alpha value is -3.10. The topological polar surface area (TPSA) is 71.0 Å². The molecule has 1 atom stereocenters. The summed E-state index contributed by atoms with van der Waals surface area (Å²) in [7, 11) is 0. The zero-order valence-corrected chi connectivity index (χ0v) is 19.5. The second kappa shape index (κ2) is 9.18. The smallest absolute Gasteiger partial charge is 0.254 e. The zero-order valence-electron chi connectivity index (χ0n) is 17.1. The van der Waals surface area contributed by atoms with E-state index in [9.17, 15) is 4.79 Å². The fraction of sp³-hybridized carbons (Fsp3) is 0.167. The Morgan fingerprint density at radius 2 is 1.91 bits per heavy atom.